The minimum Gasteiger partial charge on any atom is -0.414 e. The Hall–Kier alpha value is 0.774. The third kappa shape index (κ3) is 6.17. The first-order valence-corrected chi connectivity index (χ1v) is 8.62. The van der Waals surface area contributed by atoms with Crippen LogP contribution in [0.1, 0.15) is 47.0 Å². The van der Waals surface area contributed by atoms with E-state index in [1.54, 1.807) is 0 Å². The summed E-state index contributed by atoms with van der Waals surface area (Å²) >= 11 is 0. The molecule has 0 aromatic rings. The Morgan fingerprint density at radius 2 is 1.73 bits per heavy atom. The van der Waals surface area contributed by atoms with E-state index in [0.717, 1.165) is 19.3 Å². The van der Waals surface area contributed by atoms with E-state index in [9.17, 15) is 0 Å². The van der Waals surface area contributed by atoms with Crippen molar-refractivity contribution in [2.75, 3.05) is 0 Å². The largest absolute Gasteiger partial charge is 1.00 e. The average molecular weight is 222 g/mol. The van der Waals surface area contributed by atoms with Gasteiger partial charge >= 0.3 is 18.9 Å². The summed E-state index contributed by atoms with van der Waals surface area (Å²) in [5, 5.41) is 0.321. The van der Waals surface area contributed by atoms with Crippen molar-refractivity contribution in [3.8, 4) is 0 Å². The topological polar surface area (TPSA) is 9.23 Å². The van der Waals surface area contributed by atoms with Crippen LogP contribution >= 0.6 is 0 Å². The predicted molar refractivity (Wildman–Crippen MR) is 67.0 cm³/mol. The molecule has 0 rings (SSSR count). The molecule has 86 valence electrons. The second kappa shape index (κ2) is 7.17. The van der Waals surface area contributed by atoms with Gasteiger partial charge in [-0.2, -0.15) is 6.42 Å². The monoisotopic (exact) mass is 222 g/mol. The molecular weight excluding hydrogens is 195 g/mol. The molecule has 0 bridgehead atoms. The van der Waals surface area contributed by atoms with Gasteiger partial charge in [0.1, 0.15) is 0 Å². The molecule has 0 fully saturated rings. The minimum absolute atomic E-state index is 0. The van der Waals surface area contributed by atoms with E-state index in [2.05, 4.69) is 47.7 Å². The van der Waals surface area contributed by atoms with Crippen molar-refractivity contribution in [2.45, 2.75) is 71.2 Å². The Balaban J connectivity index is 0. The zero-order chi connectivity index (χ0) is 11.4. The van der Waals surface area contributed by atoms with E-state index in [4.69, 9.17) is 4.43 Å². The van der Waals surface area contributed by atoms with E-state index in [-0.39, 0.29) is 18.9 Å². The molecule has 0 aliphatic heterocycles. The summed E-state index contributed by atoms with van der Waals surface area (Å²) in [5.41, 5.74) is 0. The molecule has 1 unspecified atom stereocenters. The Labute approximate surface area is 110 Å². The molecule has 15 heavy (non-hydrogen) atoms. The van der Waals surface area contributed by atoms with Crippen LogP contribution < -0.4 is 18.9 Å². The molecule has 1 atom stereocenters. The first-order chi connectivity index (χ1) is 6.24. The maximum absolute atomic E-state index is 6.29. The minimum atomic E-state index is -1.55. The van der Waals surface area contributed by atoms with E-state index in [1.807, 2.05) is 0 Å². The summed E-state index contributed by atoms with van der Waals surface area (Å²) in [5.74, 6) is 0. The first-order valence-electron chi connectivity index (χ1n) is 5.71. The molecule has 0 N–H and O–H groups in total. The zero-order valence-corrected chi connectivity index (χ0v) is 12.8. The van der Waals surface area contributed by atoms with Crippen molar-refractivity contribution >= 4 is 8.32 Å². The fourth-order valence-corrected chi connectivity index (χ4v) is 2.64. The van der Waals surface area contributed by atoms with Crippen molar-refractivity contribution in [1.82, 2.24) is 0 Å². The molecule has 0 radical (unpaired) electrons. The van der Waals surface area contributed by atoms with Gasteiger partial charge in [0, 0.05) is 6.10 Å². The van der Waals surface area contributed by atoms with Gasteiger partial charge in [-0.15, -0.1) is 0 Å². The molecule has 0 saturated carbocycles. The van der Waals surface area contributed by atoms with E-state index < -0.39 is 8.32 Å². The summed E-state index contributed by atoms with van der Waals surface area (Å²) in [6.07, 6.45) is 3.62. The van der Waals surface area contributed by atoms with E-state index in [0.29, 0.717) is 11.1 Å². The van der Waals surface area contributed by atoms with Gasteiger partial charge in [-0.1, -0.05) is 34.1 Å². The normalized spacial score (nSPS) is 14.6. The summed E-state index contributed by atoms with van der Waals surface area (Å²) in [6.45, 7) is 17.6. The molecule has 1 nitrogen and oxygen atoms in total. The maximum atomic E-state index is 6.29. The van der Waals surface area contributed by atoms with Gasteiger partial charge in [0.05, 0.1) is 0 Å². The SMILES string of the molecule is [CH2-]CCC(CC)O[Si](C)(C)C(C)(C)C.[Li+]. The fourth-order valence-electron chi connectivity index (χ4n) is 1.17. The van der Waals surface area contributed by atoms with Crippen LogP contribution in [0.4, 0.5) is 0 Å². The van der Waals surface area contributed by atoms with Crippen LogP contribution in [0.2, 0.25) is 18.1 Å². The molecule has 0 aromatic heterocycles. The van der Waals surface area contributed by atoms with Crippen molar-refractivity contribution in [3.63, 3.8) is 0 Å². The number of hydrogen-bond acceptors (Lipinski definition) is 1. The zero-order valence-electron chi connectivity index (χ0n) is 11.8. The summed E-state index contributed by atoms with van der Waals surface area (Å²) in [6, 6.07) is 0. The van der Waals surface area contributed by atoms with Crippen molar-refractivity contribution in [3.05, 3.63) is 6.92 Å². The Kier molecular flexibility index (Phi) is 8.67. The van der Waals surface area contributed by atoms with Crippen molar-refractivity contribution in [1.29, 1.82) is 0 Å². The molecule has 0 aliphatic rings. The van der Waals surface area contributed by atoms with E-state index in [1.165, 1.54) is 0 Å². The summed E-state index contributed by atoms with van der Waals surface area (Å²) in [7, 11) is -1.55. The van der Waals surface area contributed by atoms with Crippen LogP contribution in [0.15, 0.2) is 0 Å². The van der Waals surface area contributed by atoms with Gasteiger partial charge < -0.3 is 11.3 Å². The molecule has 0 aromatic carbocycles. The quantitative estimate of drug-likeness (QED) is 0.505. The van der Waals surface area contributed by atoms with Gasteiger partial charge in [-0.25, -0.2) is 0 Å². The second-order valence-corrected chi connectivity index (χ2v) is 10.3. The van der Waals surface area contributed by atoms with Gasteiger partial charge in [0.25, 0.3) is 0 Å². The first kappa shape index (κ1) is 18.1. The Morgan fingerprint density at radius 1 is 1.27 bits per heavy atom. The van der Waals surface area contributed by atoms with Crippen molar-refractivity contribution < 1.29 is 23.3 Å². The van der Waals surface area contributed by atoms with Crippen LogP contribution in [-0.4, -0.2) is 14.4 Å². The molecule has 0 aliphatic carbocycles. The van der Waals surface area contributed by atoms with Crippen molar-refractivity contribution in [2.24, 2.45) is 0 Å². The van der Waals surface area contributed by atoms with Crippen LogP contribution in [0.3, 0.4) is 0 Å². The summed E-state index contributed by atoms with van der Waals surface area (Å²) < 4.78 is 6.29. The molecular formula is C12H27LiOSi. The third-order valence-corrected chi connectivity index (χ3v) is 7.78. The standard InChI is InChI=1S/C12H27OSi.Li/c1-8-10-11(9-2)13-14(6,7)12(3,4)5;/h11H,1,8-10H2,2-7H3;/q-1;+1. The van der Waals surface area contributed by atoms with Gasteiger partial charge in [0.2, 0.25) is 0 Å². The van der Waals surface area contributed by atoms with Gasteiger partial charge in [-0.05, 0) is 24.6 Å². The average Bonchev–Trinajstić information content (AvgIpc) is 2.01. The molecule has 3 heteroatoms. The van der Waals surface area contributed by atoms with Crippen LogP contribution in [0.5, 0.6) is 0 Å². The number of hydrogen-bond donors (Lipinski definition) is 0. The van der Waals surface area contributed by atoms with E-state index >= 15 is 0 Å². The van der Waals surface area contributed by atoms with Gasteiger partial charge in [0.15, 0.2) is 8.32 Å². The number of rotatable bonds is 5. The molecule has 0 spiro atoms. The predicted octanol–water partition coefficient (Wildman–Crippen LogP) is 1.41. The Morgan fingerprint density at radius 3 is 2.00 bits per heavy atom. The van der Waals surface area contributed by atoms with Gasteiger partial charge in [-0.3, -0.25) is 0 Å². The van der Waals surface area contributed by atoms with Crippen LogP contribution in [0, 0.1) is 6.92 Å². The second-order valence-electron chi connectivity index (χ2n) is 5.55. The van der Waals surface area contributed by atoms with Crippen LogP contribution in [0.25, 0.3) is 0 Å². The molecule has 0 saturated heterocycles. The molecule has 0 heterocycles. The smallest absolute Gasteiger partial charge is 0.414 e. The fraction of sp³-hybridized carbons (Fsp3) is 0.917. The Bertz CT molecular complexity index is 163. The molecule has 0 amide bonds. The summed E-state index contributed by atoms with van der Waals surface area (Å²) in [4.78, 5) is 0. The van der Waals surface area contributed by atoms with Crippen LogP contribution in [-0.2, 0) is 4.43 Å². The third-order valence-electron chi connectivity index (χ3n) is 3.25. The maximum Gasteiger partial charge on any atom is 1.00 e.